The Morgan fingerprint density at radius 3 is 2.14 bits per heavy atom. The molecule has 0 fully saturated rings. The third-order valence-electron chi connectivity index (χ3n) is 5.51. The predicted octanol–water partition coefficient (Wildman–Crippen LogP) is 6.79. The van der Waals surface area contributed by atoms with Crippen LogP contribution in [0.3, 0.4) is 0 Å². The second kappa shape index (κ2) is 10.1. The van der Waals surface area contributed by atoms with Gasteiger partial charge in [-0.25, -0.2) is 4.98 Å². The number of aromatic nitrogens is 1. The number of oxazole rings is 1. The van der Waals surface area contributed by atoms with Gasteiger partial charge in [0.1, 0.15) is 5.52 Å². The van der Waals surface area contributed by atoms with Crippen molar-refractivity contribution < 1.29 is 9.21 Å². The summed E-state index contributed by atoms with van der Waals surface area (Å²) in [5, 5.41) is 6.57. The zero-order valence-corrected chi connectivity index (χ0v) is 20.0. The summed E-state index contributed by atoms with van der Waals surface area (Å²) in [4.78, 5) is 17.8. The maximum Gasteiger partial charge on any atom is 0.238 e. The highest BCUT2D eigenvalue weighted by Gasteiger charge is 2.23. The summed E-state index contributed by atoms with van der Waals surface area (Å²) in [5.74, 6) is -0.325. The van der Waals surface area contributed by atoms with Gasteiger partial charge in [0.2, 0.25) is 11.8 Å². The molecule has 0 saturated heterocycles. The van der Waals surface area contributed by atoms with Gasteiger partial charge in [0, 0.05) is 5.69 Å². The van der Waals surface area contributed by atoms with Crippen molar-refractivity contribution in [3.05, 3.63) is 119 Å². The SMILES string of the molecule is O=C(NC(=S)Nc1ccc(Cl)c(-c2nc3ccccc3o2)c1)C(c1ccccc1)c1ccccc1. The molecule has 0 spiro atoms. The Hall–Kier alpha value is -4.00. The van der Waals surface area contributed by atoms with Crippen LogP contribution in [0, 0.1) is 0 Å². The molecule has 0 aliphatic rings. The van der Waals surface area contributed by atoms with E-state index in [-0.39, 0.29) is 11.0 Å². The summed E-state index contributed by atoms with van der Waals surface area (Å²) in [6.45, 7) is 0. The highest BCUT2D eigenvalue weighted by molar-refractivity contribution is 7.80. The summed E-state index contributed by atoms with van der Waals surface area (Å²) in [7, 11) is 0. The summed E-state index contributed by atoms with van der Waals surface area (Å²) >= 11 is 11.9. The molecule has 1 aromatic heterocycles. The van der Waals surface area contributed by atoms with E-state index in [0.717, 1.165) is 16.6 Å². The van der Waals surface area contributed by atoms with Gasteiger partial charge in [-0.15, -0.1) is 0 Å². The van der Waals surface area contributed by atoms with Gasteiger partial charge in [0.05, 0.1) is 16.5 Å². The standard InChI is InChI=1S/C28H20ClN3O2S/c29-22-16-15-20(17-21(22)27-31-23-13-7-8-14-24(23)34-27)30-28(35)32-26(33)25(18-9-3-1-4-10-18)19-11-5-2-6-12-19/h1-17,25H,(H2,30,32,33,35). The molecule has 0 unspecified atom stereocenters. The Morgan fingerprint density at radius 1 is 0.857 bits per heavy atom. The van der Waals surface area contributed by atoms with Crippen molar-refractivity contribution in [3.63, 3.8) is 0 Å². The lowest BCUT2D eigenvalue weighted by molar-refractivity contribution is -0.120. The minimum Gasteiger partial charge on any atom is -0.436 e. The van der Waals surface area contributed by atoms with Crippen molar-refractivity contribution >= 4 is 51.6 Å². The smallest absolute Gasteiger partial charge is 0.238 e. The van der Waals surface area contributed by atoms with Crippen molar-refractivity contribution in [1.82, 2.24) is 10.3 Å². The van der Waals surface area contributed by atoms with E-state index in [0.29, 0.717) is 27.7 Å². The monoisotopic (exact) mass is 497 g/mol. The molecule has 5 rings (SSSR count). The first-order valence-corrected chi connectivity index (χ1v) is 11.7. The number of halogens is 1. The van der Waals surface area contributed by atoms with Crippen LogP contribution in [0.4, 0.5) is 5.69 Å². The van der Waals surface area contributed by atoms with Crippen molar-refractivity contribution in [3.8, 4) is 11.5 Å². The molecule has 5 nitrogen and oxygen atoms in total. The minimum absolute atomic E-state index is 0.178. The molecule has 4 aromatic carbocycles. The Kier molecular flexibility index (Phi) is 6.57. The van der Waals surface area contributed by atoms with E-state index in [9.17, 15) is 4.79 Å². The summed E-state index contributed by atoms with van der Waals surface area (Å²) < 4.78 is 5.86. The zero-order valence-electron chi connectivity index (χ0n) is 18.4. The first-order valence-electron chi connectivity index (χ1n) is 11.0. The molecule has 0 saturated carbocycles. The molecule has 172 valence electrons. The molecule has 7 heteroatoms. The van der Waals surface area contributed by atoms with Crippen LogP contribution in [0.5, 0.6) is 0 Å². The average molecular weight is 498 g/mol. The Labute approximate surface area is 212 Å². The van der Waals surface area contributed by atoms with Gasteiger partial charge < -0.3 is 15.1 Å². The molecule has 5 aromatic rings. The van der Waals surface area contributed by atoms with Crippen molar-refractivity contribution in [2.24, 2.45) is 0 Å². The number of hydrogen-bond acceptors (Lipinski definition) is 4. The Morgan fingerprint density at radius 2 is 1.49 bits per heavy atom. The fraction of sp³-hybridized carbons (Fsp3) is 0.0357. The van der Waals surface area contributed by atoms with Crippen molar-refractivity contribution in [2.75, 3.05) is 5.32 Å². The molecule has 2 N–H and O–H groups in total. The molecule has 0 aliphatic carbocycles. The topological polar surface area (TPSA) is 67.2 Å². The summed E-state index contributed by atoms with van der Waals surface area (Å²) in [6, 6.07) is 32.0. The average Bonchev–Trinajstić information content (AvgIpc) is 3.31. The fourth-order valence-corrected chi connectivity index (χ4v) is 4.30. The number of benzene rings is 4. The number of nitrogens with zero attached hydrogens (tertiary/aromatic N) is 1. The normalized spacial score (nSPS) is 10.9. The van der Waals surface area contributed by atoms with Crippen LogP contribution >= 0.6 is 23.8 Å². The van der Waals surface area contributed by atoms with Crippen molar-refractivity contribution in [2.45, 2.75) is 5.92 Å². The van der Waals surface area contributed by atoms with E-state index in [1.54, 1.807) is 18.2 Å². The molecular formula is C28H20ClN3O2S. The number of carbonyl (C=O) groups is 1. The van der Waals surface area contributed by atoms with Crippen LogP contribution < -0.4 is 10.6 Å². The van der Waals surface area contributed by atoms with Crippen LogP contribution in [-0.4, -0.2) is 16.0 Å². The number of carbonyl (C=O) groups excluding carboxylic acids is 1. The molecule has 0 radical (unpaired) electrons. The first kappa shape index (κ1) is 22.8. The summed E-state index contributed by atoms with van der Waals surface area (Å²) in [5.41, 5.74) is 4.44. The van der Waals surface area contributed by atoms with Crippen LogP contribution in [-0.2, 0) is 4.79 Å². The number of fused-ring (bicyclic) bond motifs is 1. The van der Waals surface area contributed by atoms with Crippen molar-refractivity contribution in [1.29, 1.82) is 0 Å². The predicted molar refractivity (Wildman–Crippen MR) is 144 cm³/mol. The van der Waals surface area contributed by atoms with Crippen LogP contribution in [0.2, 0.25) is 5.02 Å². The highest BCUT2D eigenvalue weighted by Crippen LogP contribution is 2.32. The quantitative estimate of drug-likeness (QED) is 0.261. The lowest BCUT2D eigenvalue weighted by atomic mass is 9.90. The second-order valence-corrected chi connectivity index (χ2v) is 8.69. The maximum atomic E-state index is 13.3. The highest BCUT2D eigenvalue weighted by atomic mass is 35.5. The van der Waals surface area contributed by atoms with E-state index in [2.05, 4.69) is 15.6 Å². The molecule has 0 bridgehead atoms. The van der Waals surface area contributed by atoms with Crippen LogP contribution in [0.1, 0.15) is 17.0 Å². The number of amides is 1. The van der Waals surface area contributed by atoms with Gasteiger partial charge in [0.25, 0.3) is 0 Å². The van der Waals surface area contributed by atoms with E-state index in [1.165, 1.54) is 0 Å². The van der Waals surface area contributed by atoms with Gasteiger partial charge in [0.15, 0.2) is 10.7 Å². The second-order valence-electron chi connectivity index (χ2n) is 7.88. The molecule has 35 heavy (non-hydrogen) atoms. The van der Waals surface area contributed by atoms with Crippen LogP contribution in [0.15, 0.2) is 108 Å². The third kappa shape index (κ3) is 5.09. The van der Waals surface area contributed by atoms with Crippen LogP contribution in [0.25, 0.3) is 22.6 Å². The van der Waals surface area contributed by atoms with Gasteiger partial charge in [-0.05, 0) is 53.7 Å². The first-order chi connectivity index (χ1) is 17.1. The number of para-hydroxylation sites is 2. The minimum atomic E-state index is -0.502. The van der Waals surface area contributed by atoms with E-state index in [4.69, 9.17) is 28.2 Å². The summed E-state index contributed by atoms with van der Waals surface area (Å²) in [6.07, 6.45) is 0. The largest absolute Gasteiger partial charge is 0.436 e. The fourth-order valence-electron chi connectivity index (χ4n) is 3.89. The molecule has 1 heterocycles. The van der Waals surface area contributed by atoms with E-state index >= 15 is 0 Å². The lowest BCUT2D eigenvalue weighted by Crippen LogP contribution is -2.37. The zero-order chi connectivity index (χ0) is 24.2. The number of anilines is 1. The van der Waals surface area contributed by atoms with E-state index in [1.807, 2.05) is 84.9 Å². The van der Waals surface area contributed by atoms with Gasteiger partial charge in [-0.1, -0.05) is 84.4 Å². The number of thiocarbonyl (C=S) groups is 1. The lowest BCUT2D eigenvalue weighted by Gasteiger charge is -2.19. The third-order valence-corrected chi connectivity index (χ3v) is 6.05. The Bertz CT molecular complexity index is 1430. The Balaban J connectivity index is 1.36. The van der Waals surface area contributed by atoms with Gasteiger partial charge >= 0.3 is 0 Å². The molecule has 1 amide bonds. The molecular weight excluding hydrogens is 478 g/mol. The number of nitrogens with one attached hydrogen (secondary N) is 2. The number of rotatable bonds is 5. The van der Waals surface area contributed by atoms with Gasteiger partial charge in [-0.3, -0.25) is 4.79 Å². The van der Waals surface area contributed by atoms with E-state index < -0.39 is 5.92 Å². The maximum absolute atomic E-state index is 13.3. The molecule has 0 aliphatic heterocycles. The number of hydrogen-bond donors (Lipinski definition) is 2. The molecule has 0 atom stereocenters. The van der Waals surface area contributed by atoms with Gasteiger partial charge in [-0.2, -0.15) is 0 Å².